The second-order valence-electron chi connectivity index (χ2n) is 7.71. The summed E-state index contributed by atoms with van der Waals surface area (Å²) < 4.78 is 4.84. The number of pyridine rings is 1. The summed E-state index contributed by atoms with van der Waals surface area (Å²) in [5.74, 6) is 0.956. The second kappa shape index (κ2) is 6.51. The van der Waals surface area contributed by atoms with E-state index in [1.807, 2.05) is 29.7 Å². The lowest BCUT2D eigenvalue weighted by molar-refractivity contribution is 1.10. The Labute approximate surface area is 178 Å². The van der Waals surface area contributed by atoms with Gasteiger partial charge in [-0.25, -0.2) is 4.98 Å². The van der Waals surface area contributed by atoms with Crippen LogP contribution in [0.25, 0.3) is 48.3 Å². The molecule has 0 aliphatic heterocycles. The molecule has 0 fully saturated rings. The van der Waals surface area contributed by atoms with Crippen LogP contribution in [0.2, 0.25) is 0 Å². The van der Waals surface area contributed by atoms with Crippen molar-refractivity contribution >= 4 is 42.5 Å². The molecule has 0 aliphatic carbocycles. The Morgan fingerprint density at radius 1 is 0.900 bits per heavy atom. The van der Waals surface area contributed by atoms with Crippen LogP contribution in [0, 0.1) is 13.8 Å². The number of imidazole rings is 1. The lowest BCUT2D eigenvalue weighted by Gasteiger charge is -2.11. The van der Waals surface area contributed by atoms with Gasteiger partial charge in [-0.05, 0) is 55.3 Å². The summed E-state index contributed by atoms with van der Waals surface area (Å²) in [6, 6.07) is 23.6. The molecule has 0 spiro atoms. The van der Waals surface area contributed by atoms with Crippen LogP contribution in [0.4, 0.5) is 0 Å². The van der Waals surface area contributed by atoms with Crippen LogP contribution in [0.3, 0.4) is 0 Å². The molecule has 144 valence electrons. The van der Waals surface area contributed by atoms with Crippen molar-refractivity contribution in [2.75, 3.05) is 0 Å². The maximum absolute atomic E-state index is 5.06. The van der Waals surface area contributed by atoms with Gasteiger partial charge in [0.15, 0.2) is 0 Å². The third-order valence-electron chi connectivity index (χ3n) is 5.70. The number of aryl methyl sites for hydroxylation is 2. The minimum Gasteiger partial charge on any atom is -0.291 e. The number of aromatic nitrogens is 3. The highest BCUT2D eigenvalue weighted by atomic mass is 32.1. The Morgan fingerprint density at radius 2 is 1.77 bits per heavy atom. The maximum atomic E-state index is 5.06. The standard InChI is InChI=1S/C26H19N3S/c1-16-8-10-19-23(14-16)30-25-20(11-9-17(2)24(19)25)26-28-21-12-13-27-15-22(21)29(26)18-6-4-3-5-7-18/h3-15H,1-2H3. The maximum Gasteiger partial charge on any atom is 0.147 e. The molecule has 6 rings (SSSR count). The monoisotopic (exact) mass is 405 g/mol. The van der Waals surface area contributed by atoms with Gasteiger partial charge in [-0.2, -0.15) is 0 Å². The highest BCUT2D eigenvalue weighted by Crippen LogP contribution is 2.42. The van der Waals surface area contributed by atoms with Crippen LogP contribution in [-0.4, -0.2) is 14.5 Å². The fourth-order valence-electron chi connectivity index (χ4n) is 4.27. The number of benzene rings is 3. The van der Waals surface area contributed by atoms with Gasteiger partial charge in [-0.15, -0.1) is 11.3 Å². The van der Waals surface area contributed by atoms with Crippen LogP contribution >= 0.6 is 11.3 Å². The lowest BCUT2D eigenvalue weighted by atomic mass is 10.0. The highest BCUT2D eigenvalue weighted by Gasteiger charge is 2.19. The lowest BCUT2D eigenvalue weighted by Crippen LogP contribution is -1.97. The largest absolute Gasteiger partial charge is 0.291 e. The van der Waals surface area contributed by atoms with Crippen molar-refractivity contribution in [2.45, 2.75) is 13.8 Å². The fourth-order valence-corrected chi connectivity index (χ4v) is 5.66. The zero-order valence-corrected chi connectivity index (χ0v) is 17.6. The molecule has 3 heterocycles. The Balaban J connectivity index is 1.75. The van der Waals surface area contributed by atoms with Gasteiger partial charge in [-0.3, -0.25) is 9.55 Å². The zero-order valence-electron chi connectivity index (χ0n) is 16.8. The van der Waals surface area contributed by atoms with Gasteiger partial charge < -0.3 is 0 Å². The predicted molar refractivity (Wildman–Crippen MR) is 127 cm³/mol. The molecular formula is C26H19N3S. The summed E-state index contributed by atoms with van der Waals surface area (Å²) >= 11 is 1.86. The third kappa shape index (κ3) is 2.50. The normalized spacial score (nSPS) is 11.7. The minimum atomic E-state index is 0.953. The summed E-state index contributed by atoms with van der Waals surface area (Å²) in [4.78, 5) is 9.43. The number of thiophene rings is 1. The molecule has 0 atom stereocenters. The summed E-state index contributed by atoms with van der Waals surface area (Å²) in [6.45, 7) is 4.35. The van der Waals surface area contributed by atoms with E-state index in [-0.39, 0.29) is 0 Å². The number of hydrogen-bond acceptors (Lipinski definition) is 3. The summed E-state index contributed by atoms with van der Waals surface area (Å²) in [7, 11) is 0. The molecule has 3 aromatic heterocycles. The molecule has 0 bridgehead atoms. The van der Waals surface area contributed by atoms with Crippen molar-refractivity contribution < 1.29 is 0 Å². The van der Waals surface area contributed by atoms with Crippen molar-refractivity contribution in [3.05, 3.63) is 90.3 Å². The molecule has 4 heteroatoms. The minimum absolute atomic E-state index is 0.953. The fraction of sp³-hybridized carbons (Fsp3) is 0.0769. The van der Waals surface area contributed by atoms with Crippen LogP contribution in [-0.2, 0) is 0 Å². The van der Waals surface area contributed by atoms with Crippen molar-refractivity contribution in [2.24, 2.45) is 0 Å². The molecule has 0 N–H and O–H groups in total. The van der Waals surface area contributed by atoms with Gasteiger partial charge >= 0.3 is 0 Å². The first-order valence-electron chi connectivity index (χ1n) is 10.0. The van der Waals surface area contributed by atoms with E-state index in [1.165, 1.54) is 31.3 Å². The van der Waals surface area contributed by atoms with Gasteiger partial charge in [-0.1, -0.05) is 36.4 Å². The Morgan fingerprint density at radius 3 is 2.63 bits per heavy atom. The molecule has 6 aromatic rings. The number of fused-ring (bicyclic) bond motifs is 4. The molecule has 0 saturated carbocycles. The number of hydrogen-bond donors (Lipinski definition) is 0. The quantitative estimate of drug-likeness (QED) is 0.308. The Hall–Kier alpha value is -3.50. The smallest absolute Gasteiger partial charge is 0.147 e. The first-order chi connectivity index (χ1) is 14.7. The summed E-state index contributed by atoms with van der Waals surface area (Å²) in [5, 5.41) is 2.65. The topological polar surface area (TPSA) is 30.7 Å². The second-order valence-corrected chi connectivity index (χ2v) is 8.76. The van der Waals surface area contributed by atoms with Gasteiger partial charge in [0.25, 0.3) is 0 Å². The van der Waals surface area contributed by atoms with Gasteiger partial charge in [0.05, 0.1) is 17.2 Å². The molecule has 0 amide bonds. The van der Waals surface area contributed by atoms with E-state index >= 15 is 0 Å². The zero-order chi connectivity index (χ0) is 20.2. The first kappa shape index (κ1) is 17.4. The van der Waals surface area contributed by atoms with E-state index in [1.54, 1.807) is 6.20 Å². The summed E-state index contributed by atoms with van der Waals surface area (Å²) in [6.07, 6.45) is 3.71. The third-order valence-corrected chi connectivity index (χ3v) is 6.88. The van der Waals surface area contributed by atoms with E-state index in [0.29, 0.717) is 0 Å². The molecule has 0 aliphatic rings. The van der Waals surface area contributed by atoms with Crippen LogP contribution in [0.15, 0.2) is 79.1 Å². The average molecular weight is 406 g/mol. The number of rotatable bonds is 2. The highest BCUT2D eigenvalue weighted by molar-refractivity contribution is 7.26. The molecule has 3 nitrogen and oxygen atoms in total. The average Bonchev–Trinajstić information content (AvgIpc) is 3.33. The van der Waals surface area contributed by atoms with Gasteiger partial charge in [0.2, 0.25) is 0 Å². The van der Waals surface area contributed by atoms with Gasteiger partial charge in [0.1, 0.15) is 5.82 Å². The SMILES string of the molecule is Cc1ccc2c(c1)sc1c(-c3nc4ccncc4n3-c3ccccc3)ccc(C)c12. The molecule has 0 unspecified atom stereocenters. The number of nitrogens with zero attached hydrogens (tertiary/aromatic N) is 3. The number of para-hydroxylation sites is 1. The Bertz CT molecular complexity index is 1560. The molecule has 0 saturated heterocycles. The summed E-state index contributed by atoms with van der Waals surface area (Å²) in [5.41, 5.74) is 6.81. The molecule has 30 heavy (non-hydrogen) atoms. The van der Waals surface area contributed by atoms with Crippen molar-refractivity contribution in [1.82, 2.24) is 14.5 Å². The predicted octanol–water partition coefficient (Wildman–Crippen LogP) is 7.07. The molecular weight excluding hydrogens is 386 g/mol. The van der Waals surface area contributed by atoms with Crippen LogP contribution < -0.4 is 0 Å². The van der Waals surface area contributed by atoms with Crippen LogP contribution in [0.5, 0.6) is 0 Å². The molecule has 3 aromatic carbocycles. The van der Waals surface area contributed by atoms with Crippen molar-refractivity contribution in [1.29, 1.82) is 0 Å². The van der Waals surface area contributed by atoms with Crippen molar-refractivity contribution in [3.8, 4) is 17.1 Å². The van der Waals surface area contributed by atoms with Crippen LogP contribution in [0.1, 0.15) is 11.1 Å². The molecule has 0 radical (unpaired) electrons. The first-order valence-corrected chi connectivity index (χ1v) is 10.8. The van der Waals surface area contributed by atoms with Gasteiger partial charge in [0, 0.05) is 37.6 Å². The van der Waals surface area contributed by atoms with E-state index in [9.17, 15) is 0 Å². The van der Waals surface area contributed by atoms with E-state index in [2.05, 4.69) is 78.0 Å². The Kier molecular flexibility index (Phi) is 3.77. The van der Waals surface area contributed by atoms with E-state index < -0.39 is 0 Å². The van der Waals surface area contributed by atoms with Crippen molar-refractivity contribution in [3.63, 3.8) is 0 Å². The van der Waals surface area contributed by atoms with E-state index in [0.717, 1.165) is 28.1 Å². The van der Waals surface area contributed by atoms with E-state index in [4.69, 9.17) is 4.98 Å².